The molecule has 1 aliphatic heterocycles. The van der Waals surface area contributed by atoms with Crippen LogP contribution in [0, 0.1) is 6.92 Å². The molecular formula is C18H27N3O2. The second kappa shape index (κ2) is 8.56. The van der Waals surface area contributed by atoms with Gasteiger partial charge >= 0.3 is 0 Å². The summed E-state index contributed by atoms with van der Waals surface area (Å²) >= 11 is 0. The van der Waals surface area contributed by atoms with Gasteiger partial charge in [-0.05, 0) is 31.0 Å². The van der Waals surface area contributed by atoms with E-state index in [-0.39, 0.29) is 18.2 Å². The maximum atomic E-state index is 12.2. The molecule has 126 valence electrons. The van der Waals surface area contributed by atoms with Crippen molar-refractivity contribution in [1.82, 2.24) is 10.2 Å². The third-order valence-corrected chi connectivity index (χ3v) is 4.16. The lowest BCUT2D eigenvalue weighted by Crippen LogP contribution is -2.49. The smallest absolute Gasteiger partial charge is 0.232 e. The Morgan fingerprint density at radius 2 is 1.91 bits per heavy atom. The van der Waals surface area contributed by atoms with Gasteiger partial charge in [0.05, 0.1) is 0 Å². The average molecular weight is 317 g/mol. The number of aryl methyl sites for hydroxylation is 1. The minimum Gasteiger partial charge on any atom is -0.368 e. The van der Waals surface area contributed by atoms with E-state index < -0.39 is 0 Å². The van der Waals surface area contributed by atoms with Gasteiger partial charge < -0.3 is 15.1 Å². The lowest BCUT2D eigenvalue weighted by atomic mass is 10.2. The quantitative estimate of drug-likeness (QED) is 0.644. The van der Waals surface area contributed by atoms with Crippen molar-refractivity contribution >= 4 is 17.5 Å². The molecule has 0 radical (unpaired) electrons. The van der Waals surface area contributed by atoms with Crippen molar-refractivity contribution < 1.29 is 9.59 Å². The van der Waals surface area contributed by atoms with Crippen molar-refractivity contribution in [2.45, 2.75) is 33.1 Å². The molecule has 1 aromatic rings. The Morgan fingerprint density at radius 3 is 2.57 bits per heavy atom. The van der Waals surface area contributed by atoms with Crippen LogP contribution in [0.5, 0.6) is 0 Å². The van der Waals surface area contributed by atoms with Gasteiger partial charge in [0.15, 0.2) is 0 Å². The topological polar surface area (TPSA) is 52.7 Å². The van der Waals surface area contributed by atoms with Gasteiger partial charge in [0.2, 0.25) is 11.8 Å². The summed E-state index contributed by atoms with van der Waals surface area (Å²) in [4.78, 5) is 28.0. The molecule has 0 unspecified atom stereocenters. The average Bonchev–Trinajstić information content (AvgIpc) is 2.55. The number of carbonyl (C=O) groups excluding carboxylic acids is 2. The molecule has 2 rings (SSSR count). The first-order valence-electron chi connectivity index (χ1n) is 8.46. The predicted octanol–water partition coefficient (Wildman–Crippen LogP) is 1.95. The lowest BCUT2D eigenvalue weighted by Gasteiger charge is -2.36. The first-order valence-corrected chi connectivity index (χ1v) is 8.46. The third kappa shape index (κ3) is 5.27. The maximum absolute atomic E-state index is 12.2. The fraction of sp³-hybridized carbons (Fsp3) is 0.556. The van der Waals surface area contributed by atoms with Gasteiger partial charge in [-0.2, -0.15) is 0 Å². The Kier molecular flexibility index (Phi) is 6.44. The summed E-state index contributed by atoms with van der Waals surface area (Å²) in [5.74, 6) is -0.229. The number of amides is 2. The van der Waals surface area contributed by atoms with Crippen LogP contribution in [-0.2, 0) is 9.59 Å². The van der Waals surface area contributed by atoms with E-state index in [4.69, 9.17) is 0 Å². The zero-order chi connectivity index (χ0) is 16.7. The monoisotopic (exact) mass is 317 g/mol. The third-order valence-electron chi connectivity index (χ3n) is 4.16. The van der Waals surface area contributed by atoms with E-state index in [2.05, 4.69) is 48.3 Å². The highest BCUT2D eigenvalue weighted by Gasteiger charge is 2.22. The van der Waals surface area contributed by atoms with Crippen molar-refractivity contribution in [1.29, 1.82) is 0 Å². The van der Waals surface area contributed by atoms with Crippen LogP contribution >= 0.6 is 0 Å². The highest BCUT2D eigenvalue weighted by Crippen LogP contribution is 2.18. The molecule has 0 saturated carbocycles. The number of hydrogen-bond donors (Lipinski definition) is 1. The molecule has 1 fully saturated rings. The van der Waals surface area contributed by atoms with E-state index in [0.717, 1.165) is 25.9 Å². The van der Waals surface area contributed by atoms with Crippen molar-refractivity contribution in [2.75, 3.05) is 37.6 Å². The van der Waals surface area contributed by atoms with Crippen LogP contribution in [-0.4, -0.2) is 49.4 Å². The summed E-state index contributed by atoms with van der Waals surface area (Å²) in [6, 6.07) is 8.41. The van der Waals surface area contributed by atoms with Gasteiger partial charge in [-0.3, -0.25) is 9.59 Å². The van der Waals surface area contributed by atoms with Crippen molar-refractivity contribution in [3.8, 4) is 0 Å². The first kappa shape index (κ1) is 17.3. The fourth-order valence-electron chi connectivity index (χ4n) is 2.75. The Hall–Kier alpha value is -2.04. The second-order valence-electron chi connectivity index (χ2n) is 6.09. The van der Waals surface area contributed by atoms with Gasteiger partial charge in [0, 0.05) is 38.4 Å². The number of benzene rings is 1. The van der Waals surface area contributed by atoms with Gasteiger partial charge in [-0.15, -0.1) is 0 Å². The van der Waals surface area contributed by atoms with Gasteiger partial charge in [0.25, 0.3) is 0 Å². The van der Waals surface area contributed by atoms with Crippen LogP contribution in [0.2, 0.25) is 0 Å². The lowest BCUT2D eigenvalue weighted by molar-refractivity contribution is -0.136. The summed E-state index contributed by atoms with van der Waals surface area (Å²) < 4.78 is 0. The number of nitrogens with zero attached hydrogens (tertiary/aromatic N) is 2. The minimum atomic E-state index is -0.162. The van der Waals surface area contributed by atoms with E-state index >= 15 is 0 Å². The molecule has 1 aliphatic rings. The molecule has 1 saturated heterocycles. The van der Waals surface area contributed by atoms with Crippen molar-refractivity contribution in [2.24, 2.45) is 0 Å². The van der Waals surface area contributed by atoms with Crippen LogP contribution in [0.15, 0.2) is 24.3 Å². The minimum absolute atomic E-state index is 0.0336. The van der Waals surface area contributed by atoms with Gasteiger partial charge in [-0.25, -0.2) is 0 Å². The zero-order valence-corrected chi connectivity index (χ0v) is 14.2. The SMILES string of the molecule is CCCCNC(=O)CC(=O)N1CCN(c2cccc(C)c2)CC1. The van der Waals surface area contributed by atoms with Crippen LogP contribution in [0.3, 0.4) is 0 Å². The molecule has 23 heavy (non-hydrogen) atoms. The van der Waals surface area contributed by atoms with Gasteiger partial charge in [-0.1, -0.05) is 25.5 Å². The Labute approximate surface area is 138 Å². The van der Waals surface area contributed by atoms with E-state index in [9.17, 15) is 9.59 Å². The molecule has 2 amide bonds. The number of anilines is 1. The number of unbranched alkanes of at least 4 members (excludes halogenated alkanes) is 1. The number of piperazine rings is 1. The summed E-state index contributed by atoms with van der Waals surface area (Å²) in [6.07, 6.45) is 1.96. The molecule has 1 aromatic carbocycles. The molecule has 0 spiro atoms. The van der Waals surface area contributed by atoms with E-state index in [1.165, 1.54) is 11.3 Å². The number of nitrogens with one attached hydrogen (secondary N) is 1. The number of rotatable bonds is 6. The van der Waals surface area contributed by atoms with E-state index in [0.29, 0.717) is 19.6 Å². The van der Waals surface area contributed by atoms with Crippen LogP contribution in [0.1, 0.15) is 31.7 Å². The molecule has 1 heterocycles. The summed E-state index contributed by atoms with van der Waals surface area (Å²) in [6.45, 7) is 7.79. The van der Waals surface area contributed by atoms with Gasteiger partial charge in [0.1, 0.15) is 6.42 Å². The van der Waals surface area contributed by atoms with Crippen LogP contribution in [0.25, 0.3) is 0 Å². The fourth-order valence-corrected chi connectivity index (χ4v) is 2.75. The summed E-state index contributed by atoms with van der Waals surface area (Å²) in [5, 5.41) is 2.80. The molecule has 5 nitrogen and oxygen atoms in total. The summed E-state index contributed by atoms with van der Waals surface area (Å²) in [7, 11) is 0. The number of carbonyl (C=O) groups is 2. The zero-order valence-electron chi connectivity index (χ0n) is 14.2. The van der Waals surface area contributed by atoms with Crippen LogP contribution < -0.4 is 10.2 Å². The summed E-state index contributed by atoms with van der Waals surface area (Å²) in [5.41, 5.74) is 2.44. The second-order valence-corrected chi connectivity index (χ2v) is 6.09. The normalized spacial score (nSPS) is 14.7. The Bertz CT molecular complexity index is 537. The van der Waals surface area contributed by atoms with Crippen LogP contribution in [0.4, 0.5) is 5.69 Å². The molecule has 5 heteroatoms. The van der Waals surface area contributed by atoms with Crippen molar-refractivity contribution in [3.63, 3.8) is 0 Å². The Morgan fingerprint density at radius 1 is 1.17 bits per heavy atom. The standard InChI is InChI=1S/C18H27N3O2/c1-3-4-8-19-17(22)14-18(23)21-11-9-20(10-12-21)16-7-5-6-15(2)13-16/h5-7,13H,3-4,8-12,14H2,1-2H3,(H,19,22). The maximum Gasteiger partial charge on any atom is 0.232 e. The Balaban J connectivity index is 1.77. The van der Waals surface area contributed by atoms with E-state index in [1.807, 2.05) is 0 Å². The number of hydrogen-bond acceptors (Lipinski definition) is 3. The highest BCUT2D eigenvalue weighted by atomic mass is 16.2. The molecule has 0 aliphatic carbocycles. The molecular weight excluding hydrogens is 290 g/mol. The highest BCUT2D eigenvalue weighted by molar-refractivity contribution is 5.96. The molecule has 0 bridgehead atoms. The predicted molar refractivity (Wildman–Crippen MR) is 92.5 cm³/mol. The first-order chi connectivity index (χ1) is 11.1. The van der Waals surface area contributed by atoms with E-state index in [1.54, 1.807) is 4.90 Å². The largest absolute Gasteiger partial charge is 0.368 e. The molecule has 0 aromatic heterocycles. The molecule has 1 N–H and O–H groups in total. The van der Waals surface area contributed by atoms with Crippen molar-refractivity contribution in [3.05, 3.63) is 29.8 Å². The molecule has 0 atom stereocenters.